The van der Waals surface area contributed by atoms with E-state index >= 15 is 0 Å². The Kier molecular flexibility index (Phi) is 2.65. The molecule has 6 heteroatoms. The summed E-state index contributed by atoms with van der Waals surface area (Å²) >= 11 is 0. The lowest BCUT2D eigenvalue weighted by atomic mass is 9.85. The number of aromatic nitrogens is 2. The Bertz CT molecular complexity index is 607. The van der Waals surface area contributed by atoms with Gasteiger partial charge in [0.05, 0.1) is 6.20 Å². The highest BCUT2D eigenvalue weighted by Crippen LogP contribution is 2.39. The number of nitrogens with zero attached hydrogens (tertiary/aromatic N) is 4. The van der Waals surface area contributed by atoms with E-state index in [4.69, 9.17) is 0 Å². The van der Waals surface area contributed by atoms with Gasteiger partial charge in [-0.25, -0.2) is 14.4 Å². The van der Waals surface area contributed by atoms with Crippen molar-refractivity contribution in [1.82, 2.24) is 14.7 Å². The molecule has 2 aliphatic heterocycles. The highest BCUT2D eigenvalue weighted by Gasteiger charge is 2.57. The van der Waals surface area contributed by atoms with Gasteiger partial charge in [0.1, 0.15) is 11.4 Å². The van der Waals surface area contributed by atoms with Crippen LogP contribution in [0.25, 0.3) is 0 Å². The molecule has 1 aliphatic carbocycles. The number of carbonyl (C=O) groups excluding carboxylic acids is 2. The molecular formula is C15H20N4O2. The molecule has 3 aliphatic rings. The minimum absolute atomic E-state index is 0.0969. The number of hydrogen-bond acceptors (Lipinski definition) is 3. The van der Waals surface area contributed by atoms with Crippen molar-refractivity contribution >= 4 is 17.8 Å². The topological polar surface area (TPSA) is 58.4 Å². The Balaban J connectivity index is 1.66. The van der Waals surface area contributed by atoms with Crippen molar-refractivity contribution in [2.45, 2.75) is 51.1 Å². The van der Waals surface area contributed by atoms with Crippen LogP contribution in [0.3, 0.4) is 0 Å². The fourth-order valence-corrected chi connectivity index (χ4v) is 3.72. The van der Waals surface area contributed by atoms with Crippen molar-refractivity contribution in [3.8, 4) is 0 Å². The van der Waals surface area contributed by atoms with Gasteiger partial charge in [-0.05, 0) is 38.5 Å². The van der Waals surface area contributed by atoms with E-state index < -0.39 is 5.54 Å². The Morgan fingerprint density at radius 1 is 1.33 bits per heavy atom. The van der Waals surface area contributed by atoms with Crippen molar-refractivity contribution in [2.24, 2.45) is 5.92 Å². The summed E-state index contributed by atoms with van der Waals surface area (Å²) < 4.78 is 1.82. The SMILES string of the molecule is C[C@@]12CCCN1C(=O)N(c1ccnn1CC1CCC1)C2=O. The Morgan fingerprint density at radius 3 is 2.81 bits per heavy atom. The summed E-state index contributed by atoms with van der Waals surface area (Å²) in [4.78, 5) is 28.4. The van der Waals surface area contributed by atoms with Crippen LogP contribution < -0.4 is 4.90 Å². The molecule has 2 saturated heterocycles. The van der Waals surface area contributed by atoms with Crippen molar-refractivity contribution in [3.05, 3.63) is 12.3 Å². The van der Waals surface area contributed by atoms with Gasteiger partial charge >= 0.3 is 6.03 Å². The van der Waals surface area contributed by atoms with Crippen LogP contribution in [0.2, 0.25) is 0 Å². The van der Waals surface area contributed by atoms with Gasteiger partial charge in [-0.2, -0.15) is 5.10 Å². The minimum atomic E-state index is -0.650. The van der Waals surface area contributed by atoms with Gasteiger partial charge in [0, 0.05) is 19.2 Å². The molecule has 1 atom stereocenters. The van der Waals surface area contributed by atoms with Crippen LogP contribution in [0, 0.1) is 5.92 Å². The molecule has 4 rings (SSSR count). The van der Waals surface area contributed by atoms with Gasteiger partial charge in [-0.15, -0.1) is 0 Å². The lowest BCUT2D eigenvalue weighted by molar-refractivity contribution is -0.123. The van der Waals surface area contributed by atoms with Crippen LogP contribution in [0.4, 0.5) is 10.6 Å². The number of anilines is 1. The number of urea groups is 1. The number of carbonyl (C=O) groups is 2. The van der Waals surface area contributed by atoms with Crippen molar-refractivity contribution < 1.29 is 9.59 Å². The van der Waals surface area contributed by atoms with Crippen LogP contribution in [0.1, 0.15) is 39.0 Å². The molecule has 112 valence electrons. The first-order chi connectivity index (χ1) is 10.1. The maximum Gasteiger partial charge on any atom is 0.333 e. The lowest BCUT2D eigenvalue weighted by Gasteiger charge is -2.26. The fraction of sp³-hybridized carbons (Fsp3) is 0.667. The molecule has 21 heavy (non-hydrogen) atoms. The van der Waals surface area contributed by atoms with Gasteiger partial charge in [0.15, 0.2) is 0 Å². The maximum absolute atomic E-state index is 12.8. The number of imide groups is 1. The van der Waals surface area contributed by atoms with Gasteiger partial charge in [0.2, 0.25) is 0 Å². The van der Waals surface area contributed by atoms with E-state index in [1.165, 1.54) is 24.2 Å². The van der Waals surface area contributed by atoms with Gasteiger partial charge in [-0.1, -0.05) is 6.42 Å². The summed E-state index contributed by atoms with van der Waals surface area (Å²) in [6.45, 7) is 3.36. The van der Waals surface area contributed by atoms with Gasteiger partial charge < -0.3 is 4.90 Å². The molecule has 3 fully saturated rings. The predicted octanol–water partition coefficient (Wildman–Crippen LogP) is 2.00. The molecular weight excluding hydrogens is 268 g/mol. The smallest absolute Gasteiger partial charge is 0.309 e. The summed E-state index contributed by atoms with van der Waals surface area (Å²) in [5.74, 6) is 1.17. The first kappa shape index (κ1) is 12.9. The summed E-state index contributed by atoms with van der Waals surface area (Å²) in [7, 11) is 0. The standard InChI is InChI=1S/C15H20N4O2/c1-15-7-3-9-17(15)14(21)19(13(15)20)12-6-8-16-18(12)10-11-4-2-5-11/h6,8,11H,2-5,7,9-10H2,1H3/t15-/m0/s1. The van der Waals surface area contributed by atoms with Crippen LogP contribution in [0.5, 0.6) is 0 Å². The van der Waals surface area contributed by atoms with E-state index in [-0.39, 0.29) is 11.9 Å². The molecule has 6 nitrogen and oxygen atoms in total. The second-order valence-electron chi connectivity index (χ2n) is 6.62. The summed E-state index contributed by atoms with van der Waals surface area (Å²) in [5.41, 5.74) is -0.650. The predicted molar refractivity (Wildman–Crippen MR) is 76.8 cm³/mol. The Morgan fingerprint density at radius 2 is 2.14 bits per heavy atom. The summed E-state index contributed by atoms with van der Waals surface area (Å²) in [5, 5.41) is 4.32. The van der Waals surface area contributed by atoms with E-state index in [0.717, 1.165) is 19.4 Å². The van der Waals surface area contributed by atoms with Crippen molar-refractivity contribution in [3.63, 3.8) is 0 Å². The van der Waals surface area contributed by atoms with Gasteiger partial charge in [0.25, 0.3) is 5.91 Å². The number of amides is 3. The molecule has 0 bridgehead atoms. The molecule has 0 spiro atoms. The Hall–Kier alpha value is -1.85. The molecule has 0 N–H and O–H groups in total. The molecule has 0 radical (unpaired) electrons. The largest absolute Gasteiger partial charge is 0.333 e. The van der Waals surface area contributed by atoms with Crippen LogP contribution in [-0.4, -0.2) is 38.7 Å². The van der Waals surface area contributed by atoms with Gasteiger partial charge in [-0.3, -0.25) is 4.79 Å². The van der Waals surface area contributed by atoms with E-state index in [0.29, 0.717) is 18.3 Å². The van der Waals surface area contributed by atoms with E-state index in [2.05, 4.69) is 5.10 Å². The van der Waals surface area contributed by atoms with E-state index in [1.54, 1.807) is 17.2 Å². The average Bonchev–Trinajstić information content (AvgIpc) is 3.05. The third-order valence-corrected chi connectivity index (χ3v) is 5.31. The maximum atomic E-state index is 12.8. The zero-order valence-corrected chi connectivity index (χ0v) is 12.3. The first-order valence-corrected chi connectivity index (χ1v) is 7.79. The minimum Gasteiger partial charge on any atom is -0.309 e. The monoisotopic (exact) mass is 288 g/mol. The summed E-state index contributed by atoms with van der Waals surface area (Å²) in [6.07, 6.45) is 7.04. The van der Waals surface area contributed by atoms with Crippen molar-refractivity contribution in [1.29, 1.82) is 0 Å². The Labute approximate surface area is 123 Å². The average molecular weight is 288 g/mol. The lowest BCUT2D eigenvalue weighted by Crippen LogP contribution is -2.41. The quantitative estimate of drug-likeness (QED) is 0.799. The zero-order valence-electron chi connectivity index (χ0n) is 12.3. The van der Waals surface area contributed by atoms with Crippen LogP contribution >= 0.6 is 0 Å². The molecule has 1 aromatic rings. The third kappa shape index (κ3) is 1.68. The molecule has 1 aromatic heterocycles. The molecule has 1 saturated carbocycles. The van der Waals surface area contributed by atoms with E-state index in [1.807, 2.05) is 11.6 Å². The molecule has 3 amide bonds. The third-order valence-electron chi connectivity index (χ3n) is 5.31. The fourth-order valence-electron chi connectivity index (χ4n) is 3.72. The van der Waals surface area contributed by atoms with Crippen LogP contribution in [-0.2, 0) is 11.3 Å². The summed E-state index contributed by atoms with van der Waals surface area (Å²) in [6, 6.07) is 1.59. The van der Waals surface area contributed by atoms with Crippen molar-refractivity contribution in [2.75, 3.05) is 11.4 Å². The molecule has 0 aromatic carbocycles. The normalized spacial score (nSPS) is 29.2. The number of hydrogen-bond donors (Lipinski definition) is 0. The van der Waals surface area contributed by atoms with E-state index in [9.17, 15) is 9.59 Å². The number of fused-ring (bicyclic) bond motifs is 1. The number of rotatable bonds is 3. The highest BCUT2D eigenvalue weighted by atomic mass is 16.2. The highest BCUT2D eigenvalue weighted by molar-refractivity contribution is 6.22. The van der Waals surface area contributed by atoms with Crippen LogP contribution in [0.15, 0.2) is 12.3 Å². The second-order valence-corrected chi connectivity index (χ2v) is 6.62. The molecule has 0 unspecified atom stereocenters. The second kappa shape index (κ2) is 4.32. The zero-order chi connectivity index (χ0) is 14.6. The first-order valence-electron chi connectivity index (χ1n) is 7.79. The molecule has 3 heterocycles.